The first kappa shape index (κ1) is 9.13. The van der Waals surface area contributed by atoms with Crippen LogP contribution in [0, 0.1) is 23.7 Å². The molecule has 1 fully saturated rings. The highest BCUT2D eigenvalue weighted by Crippen LogP contribution is 2.45. The number of cyclic esters (lactones) is 2. The Morgan fingerprint density at radius 2 is 1.40 bits per heavy atom. The molecule has 0 aromatic heterocycles. The largest absolute Gasteiger partial charge is 0.393 e. The van der Waals surface area contributed by atoms with Gasteiger partial charge in [-0.3, -0.25) is 9.59 Å². The standard InChI is InChI=1S/C12H14O3/c13-11-9-7-3-1-2-4-8(6-5-7)10(9)12(14)15-11/h5-10H,1-4H2/t7-,8+,9-,10-/m1/s1. The Kier molecular flexibility index (Phi) is 1.94. The van der Waals surface area contributed by atoms with E-state index < -0.39 is 0 Å². The van der Waals surface area contributed by atoms with Crippen LogP contribution in [0.25, 0.3) is 0 Å². The van der Waals surface area contributed by atoms with Crippen molar-refractivity contribution in [2.75, 3.05) is 0 Å². The van der Waals surface area contributed by atoms with Gasteiger partial charge in [-0.25, -0.2) is 0 Å². The average Bonchev–Trinajstić information content (AvgIpc) is 2.43. The van der Waals surface area contributed by atoms with Crippen LogP contribution in [0.4, 0.5) is 0 Å². The summed E-state index contributed by atoms with van der Waals surface area (Å²) in [4.78, 5) is 23.2. The summed E-state index contributed by atoms with van der Waals surface area (Å²) in [7, 11) is 0. The van der Waals surface area contributed by atoms with Gasteiger partial charge in [0.1, 0.15) is 0 Å². The molecule has 0 N–H and O–H groups in total. The van der Waals surface area contributed by atoms with Crippen molar-refractivity contribution in [3.05, 3.63) is 12.2 Å². The summed E-state index contributed by atoms with van der Waals surface area (Å²) in [6.07, 6.45) is 8.63. The van der Waals surface area contributed by atoms with Gasteiger partial charge in [0, 0.05) is 0 Å². The number of hydrogen-bond donors (Lipinski definition) is 0. The number of rotatable bonds is 0. The van der Waals surface area contributed by atoms with Crippen LogP contribution in [0.5, 0.6) is 0 Å². The lowest BCUT2D eigenvalue weighted by molar-refractivity contribution is -0.154. The Morgan fingerprint density at radius 1 is 0.933 bits per heavy atom. The monoisotopic (exact) mass is 206 g/mol. The Labute approximate surface area is 88.5 Å². The topological polar surface area (TPSA) is 43.4 Å². The molecule has 3 rings (SSSR count). The van der Waals surface area contributed by atoms with Crippen molar-refractivity contribution in [3.8, 4) is 0 Å². The van der Waals surface area contributed by atoms with Crippen LogP contribution in [-0.2, 0) is 14.3 Å². The Balaban J connectivity index is 2.02. The van der Waals surface area contributed by atoms with Crippen molar-refractivity contribution < 1.29 is 14.3 Å². The molecule has 1 heterocycles. The molecule has 2 aliphatic carbocycles. The van der Waals surface area contributed by atoms with Gasteiger partial charge in [-0.1, -0.05) is 25.0 Å². The lowest BCUT2D eigenvalue weighted by Gasteiger charge is -2.33. The van der Waals surface area contributed by atoms with E-state index in [2.05, 4.69) is 12.2 Å². The van der Waals surface area contributed by atoms with Crippen LogP contribution in [0.3, 0.4) is 0 Å². The van der Waals surface area contributed by atoms with Gasteiger partial charge in [0.25, 0.3) is 0 Å². The normalized spacial score (nSPS) is 43.5. The Morgan fingerprint density at radius 3 is 1.87 bits per heavy atom. The lowest BCUT2D eigenvalue weighted by Crippen LogP contribution is -2.35. The van der Waals surface area contributed by atoms with Gasteiger partial charge in [-0.15, -0.1) is 0 Å². The molecule has 15 heavy (non-hydrogen) atoms. The summed E-state index contributed by atoms with van der Waals surface area (Å²) in [5.74, 6) is -0.436. The molecule has 3 heteroatoms. The first-order valence-corrected chi connectivity index (χ1v) is 5.71. The van der Waals surface area contributed by atoms with E-state index in [1.165, 1.54) is 0 Å². The summed E-state index contributed by atoms with van der Waals surface area (Å²) in [6.45, 7) is 0. The fraction of sp³-hybridized carbons (Fsp3) is 0.667. The molecule has 0 amide bonds. The van der Waals surface area contributed by atoms with Gasteiger partial charge >= 0.3 is 11.9 Å². The summed E-state index contributed by atoms with van der Waals surface area (Å²) >= 11 is 0. The highest BCUT2D eigenvalue weighted by molar-refractivity contribution is 5.97. The smallest absolute Gasteiger partial charge is 0.318 e. The molecule has 0 radical (unpaired) electrons. The SMILES string of the molecule is O=C1OC(=O)[C@H]2[C@H]1[C@@H]1C=C[C@H]2CCCC1. The molecule has 3 aliphatic rings. The van der Waals surface area contributed by atoms with E-state index in [0.717, 1.165) is 25.7 Å². The highest BCUT2D eigenvalue weighted by Gasteiger charge is 2.52. The first-order chi connectivity index (χ1) is 7.27. The lowest BCUT2D eigenvalue weighted by atomic mass is 9.67. The van der Waals surface area contributed by atoms with E-state index in [9.17, 15) is 9.59 Å². The molecule has 0 aromatic carbocycles. The Hall–Kier alpha value is -1.12. The van der Waals surface area contributed by atoms with Crippen LogP contribution in [0.15, 0.2) is 12.2 Å². The molecule has 1 saturated heterocycles. The van der Waals surface area contributed by atoms with Crippen LogP contribution in [0.1, 0.15) is 25.7 Å². The molecule has 0 unspecified atom stereocenters. The number of carbonyl (C=O) groups is 2. The summed E-state index contributed by atoms with van der Waals surface area (Å²) in [5.41, 5.74) is 0. The predicted octanol–water partition coefficient (Wildman–Crippen LogP) is 1.68. The zero-order valence-electron chi connectivity index (χ0n) is 8.52. The zero-order valence-corrected chi connectivity index (χ0v) is 8.52. The third kappa shape index (κ3) is 1.25. The highest BCUT2D eigenvalue weighted by atomic mass is 16.6. The number of esters is 2. The zero-order chi connectivity index (χ0) is 10.4. The van der Waals surface area contributed by atoms with Gasteiger partial charge in [0.15, 0.2) is 0 Å². The van der Waals surface area contributed by atoms with Crippen LogP contribution < -0.4 is 0 Å². The average molecular weight is 206 g/mol. The second-order valence-electron chi connectivity index (χ2n) is 4.79. The fourth-order valence-electron chi connectivity index (χ4n) is 3.25. The summed E-state index contributed by atoms with van der Waals surface area (Å²) < 4.78 is 4.78. The minimum absolute atomic E-state index is 0.173. The minimum Gasteiger partial charge on any atom is -0.393 e. The summed E-state index contributed by atoms with van der Waals surface area (Å²) in [6, 6.07) is 0. The Bertz CT molecular complexity index is 313. The van der Waals surface area contributed by atoms with Gasteiger partial charge in [-0.2, -0.15) is 0 Å². The number of hydrogen-bond acceptors (Lipinski definition) is 3. The van der Waals surface area contributed by atoms with Gasteiger partial charge in [0.05, 0.1) is 11.8 Å². The molecule has 0 aromatic rings. The molecule has 0 saturated carbocycles. The quantitative estimate of drug-likeness (QED) is 0.344. The predicted molar refractivity (Wildman–Crippen MR) is 52.7 cm³/mol. The van der Waals surface area contributed by atoms with Gasteiger partial charge in [-0.05, 0) is 24.7 Å². The molecule has 3 nitrogen and oxygen atoms in total. The van der Waals surface area contributed by atoms with E-state index in [4.69, 9.17) is 4.74 Å². The van der Waals surface area contributed by atoms with E-state index in [1.807, 2.05) is 0 Å². The maximum Gasteiger partial charge on any atom is 0.318 e. The number of allylic oxidation sites excluding steroid dienone is 2. The molecule has 80 valence electrons. The van der Waals surface area contributed by atoms with Crippen molar-refractivity contribution in [1.82, 2.24) is 0 Å². The fourth-order valence-corrected chi connectivity index (χ4v) is 3.25. The first-order valence-electron chi connectivity index (χ1n) is 5.71. The second-order valence-corrected chi connectivity index (χ2v) is 4.79. The number of ether oxygens (including phenoxy) is 1. The molecular weight excluding hydrogens is 192 g/mol. The molecule has 1 aliphatic heterocycles. The van der Waals surface area contributed by atoms with Crippen LogP contribution >= 0.6 is 0 Å². The van der Waals surface area contributed by atoms with E-state index >= 15 is 0 Å². The van der Waals surface area contributed by atoms with Crippen molar-refractivity contribution in [1.29, 1.82) is 0 Å². The van der Waals surface area contributed by atoms with Gasteiger partial charge < -0.3 is 4.74 Å². The molecule has 4 atom stereocenters. The molecular formula is C12H14O3. The van der Waals surface area contributed by atoms with Crippen LogP contribution in [-0.4, -0.2) is 11.9 Å². The van der Waals surface area contributed by atoms with Crippen molar-refractivity contribution in [2.45, 2.75) is 25.7 Å². The third-order valence-electron chi connectivity index (χ3n) is 3.99. The van der Waals surface area contributed by atoms with Crippen molar-refractivity contribution in [3.63, 3.8) is 0 Å². The van der Waals surface area contributed by atoms with Gasteiger partial charge in [0.2, 0.25) is 0 Å². The van der Waals surface area contributed by atoms with E-state index in [-0.39, 0.29) is 35.6 Å². The maximum atomic E-state index is 11.6. The van der Waals surface area contributed by atoms with Crippen molar-refractivity contribution in [2.24, 2.45) is 23.7 Å². The number of carbonyl (C=O) groups excluding carboxylic acids is 2. The number of fused-ring (bicyclic) bond motifs is 5. The van der Waals surface area contributed by atoms with E-state index in [0.29, 0.717) is 0 Å². The second kappa shape index (κ2) is 3.19. The van der Waals surface area contributed by atoms with Crippen LogP contribution in [0.2, 0.25) is 0 Å². The summed E-state index contributed by atoms with van der Waals surface area (Å²) in [5, 5.41) is 0. The van der Waals surface area contributed by atoms with Crippen molar-refractivity contribution >= 4 is 11.9 Å². The maximum absolute atomic E-state index is 11.6. The molecule has 0 spiro atoms. The third-order valence-corrected chi connectivity index (χ3v) is 3.99. The minimum atomic E-state index is -0.286. The molecule has 2 bridgehead atoms. The van der Waals surface area contributed by atoms with E-state index in [1.54, 1.807) is 0 Å².